The molecule has 4 N–H and O–H groups in total. The third kappa shape index (κ3) is 19.1. The second-order valence-electron chi connectivity index (χ2n) is 8.69. The Morgan fingerprint density at radius 1 is 0.487 bits per heavy atom. The largest absolute Gasteiger partial charge is 0.490 e. The van der Waals surface area contributed by atoms with Crippen molar-refractivity contribution in [1.82, 2.24) is 19.6 Å². The van der Waals surface area contributed by atoms with Gasteiger partial charge in [-0.3, -0.25) is 19.4 Å². The van der Waals surface area contributed by atoms with Crippen LogP contribution in [-0.4, -0.2) is 155 Å². The smallest absolute Gasteiger partial charge is 0.480 e. The summed E-state index contributed by atoms with van der Waals surface area (Å²) in [6.07, 6.45) is -7.16. The molecule has 228 valence electrons. The molecule has 2 unspecified atom stereocenters. The number of rotatable bonds is 4. The van der Waals surface area contributed by atoms with Gasteiger partial charge in [0.2, 0.25) is 0 Å². The molecule has 2 aliphatic heterocycles. The van der Waals surface area contributed by atoms with E-state index in [-0.39, 0.29) is 13.1 Å². The number of fused-ring (bicyclic) bond motifs is 4. The topological polar surface area (TPSA) is 162 Å². The lowest BCUT2D eigenvalue weighted by Gasteiger charge is -2.28. The van der Waals surface area contributed by atoms with E-state index >= 15 is 0 Å². The minimum Gasteiger partial charge on any atom is -0.480 e. The summed E-state index contributed by atoms with van der Waals surface area (Å²) in [6, 6.07) is 0. The van der Waals surface area contributed by atoms with E-state index in [4.69, 9.17) is 30.0 Å². The lowest BCUT2D eigenvalue weighted by molar-refractivity contribution is -0.193. The molecule has 0 aliphatic carbocycles. The molecule has 0 amide bonds. The molecule has 2 atom stereocenters. The molecular formula is C21H34F6N4O8. The first-order chi connectivity index (χ1) is 17.9. The van der Waals surface area contributed by atoms with Gasteiger partial charge in [0.05, 0.1) is 13.1 Å². The number of carboxylic acids is 4. The van der Waals surface area contributed by atoms with Crippen LogP contribution in [0.4, 0.5) is 26.3 Å². The van der Waals surface area contributed by atoms with Crippen LogP contribution in [0.1, 0.15) is 19.3 Å². The van der Waals surface area contributed by atoms with Crippen LogP contribution in [0.5, 0.6) is 0 Å². The van der Waals surface area contributed by atoms with Gasteiger partial charge in [-0.25, -0.2) is 9.59 Å². The van der Waals surface area contributed by atoms with Crippen LogP contribution in [-0.2, 0) is 19.2 Å². The lowest BCUT2D eigenvalue weighted by Crippen LogP contribution is -2.41. The SMILES string of the molecule is O=C(O)C(F)(F)F.O=C(O)C(F)(F)F.O=C(O)CN1CCCN2CCCN(CCCN(CC(=O)O)CC2)CC1. The minimum atomic E-state index is -5.08. The van der Waals surface area contributed by atoms with Crippen LogP contribution < -0.4 is 0 Å². The third-order valence-corrected chi connectivity index (χ3v) is 5.51. The van der Waals surface area contributed by atoms with Gasteiger partial charge in [-0.05, 0) is 45.4 Å². The fraction of sp³-hybridized carbons (Fsp3) is 0.810. The summed E-state index contributed by atoms with van der Waals surface area (Å²) in [6.45, 7) is 9.08. The van der Waals surface area contributed by atoms with Gasteiger partial charge >= 0.3 is 36.2 Å². The maximum Gasteiger partial charge on any atom is 0.490 e. The highest BCUT2D eigenvalue weighted by molar-refractivity contribution is 5.73. The molecule has 0 spiro atoms. The summed E-state index contributed by atoms with van der Waals surface area (Å²) in [4.78, 5) is 48.8. The van der Waals surface area contributed by atoms with Crippen molar-refractivity contribution in [3.05, 3.63) is 0 Å². The normalized spacial score (nSPS) is 22.1. The minimum absolute atomic E-state index is 0.111. The molecule has 18 heteroatoms. The molecule has 0 aromatic rings. The summed E-state index contributed by atoms with van der Waals surface area (Å²) in [7, 11) is 0. The van der Waals surface area contributed by atoms with Crippen LogP contribution in [0.2, 0.25) is 0 Å². The van der Waals surface area contributed by atoms with Gasteiger partial charge < -0.3 is 30.2 Å². The molecular weight excluding hydrogens is 550 g/mol. The Bertz CT molecular complexity index is 722. The highest BCUT2D eigenvalue weighted by atomic mass is 19.4. The molecule has 0 aromatic carbocycles. The number of hydrogen-bond acceptors (Lipinski definition) is 8. The van der Waals surface area contributed by atoms with Gasteiger partial charge in [-0.2, -0.15) is 26.3 Å². The van der Waals surface area contributed by atoms with Crippen LogP contribution in [0.15, 0.2) is 0 Å². The zero-order valence-corrected chi connectivity index (χ0v) is 21.1. The molecule has 0 aromatic heterocycles. The summed E-state index contributed by atoms with van der Waals surface area (Å²) in [5.41, 5.74) is 0. The summed E-state index contributed by atoms with van der Waals surface area (Å²) in [5.74, 6) is -7.03. The van der Waals surface area contributed by atoms with E-state index < -0.39 is 36.2 Å². The van der Waals surface area contributed by atoms with Crippen molar-refractivity contribution in [1.29, 1.82) is 0 Å². The van der Waals surface area contributed by atoms with E-state index in [2.05, 4.69) is 9.80 Å². The maximum absolute atomic E-state index is 11.1. The number of hydrogen-bond donors (Lipinski definition) is 4. The number of carbonyl (C=O) groups is 4. The molecule has 12 nitrogen and oxygen atoms in total. The first-order valence-corrected chi connectivity index (χ1v) is 11.8. The number of aliphatic carboxylic acids is 4. The van der Waals surface area contributed by atoms with Crippen molar-refractivity contribution in [3.63, 3.8) is 0 Å². The predicted octanol–water partition coefficient (Wildman–Crippen LogP) is 0.828. The Kier molecular flexibility index (Phi) is 16.6. The molecule has 39 heavy (non-hydrogen) atoms. The first-order valence-electron chi connectivity index (χ1n) is 11.8. The van der Waals surface area contributed by atoms with Crippen LogP contribution in [0.25, 0.3) is 0 Å². The van der Waals surface area contributed by atoms with Gasteiger partial charge in [-0.1, -0.05) is 0 Å². The molecule has 2 saturated heterocycles. The van der Waals surface area contributed by atoms with Gasteiger partial charge in [-0.15, -0.1) is 0 Å². The summed E-state index contributed by atoms with van der Waals surface area (Å²) < 4.78 is 63.5. The Hall–Kier alpha value is -2.70. The first kappa shape index (κ1) is 36.3. The number of alkyl halides is 6. The van der Waals surface area contributed by atoms with Crippen LogP contribution in [0.3, 0.4) is 0 Å². The Morgan fingerprint density at radius 3 is 0.974 bits per heavy atom. The standard InChI is InChI=1S/C17H32N4O4.2C2HF3O2/c22-16(23)14-20-8-2-6-18-4-1-5-19(11-12-20)7-3-9-21(13-10-18)15-17(24)25;2*3-2(4,5)1(6)7/h1-15H2,(H,22,23)(H,24,25);2*(H,6,7). The summed E-state index contributed by atoms with van der Waals surface area (Å²) in [5, 5.41) is 32.5. The second-order valence-corrected chi connectivity index (χ2v) is 8.69. The van der Waals surface area contributed by atoms with Crippen LogP contribution >= 0.6 is 0 Å². The Morgan fingerprint density at radius 2 is 0.744 bits per heavy atom. The van der Waals surface area contributed by atoms with E-state index in [1.54, 1.807) is 0 Å². The van der Waals surface area contributed by atoms with E-state index in [0.717, 1.165) is 84.7 Å². The van der Waals surface area contributed by atoms with Gasteiger partial charge in [0.1, 0.15) is 0 Å². The van der Waals surface area contributed by atoms with Crippen molar-refractivity contribution in [2.45, 2.75) is 31.6 Å². The molecule has 0 radical (unpaired) electrons. The second kappa shape index (κ2) is 17.8. The lowest BCUT2D eigenvalue weighted by atomic mass is 10.3. The van der Waals surface area contributed by atoms with Crippen molar-refractivity contribution in [2.24, 2.45) is 0 Å². The quantitative estimate of drug-likeness (QED) is 0.345. The van der Waals surface area contributed by atoms with Gasteiger partial charge in [0.25, 0.3) is 0 Å². The fourth-order valence-electron chi connectivity index (χ4n) is 3.71. The third-order valence-electron chi connectivity index (χ3n) is 5.51. The highest BCUT2D eigenvalue weighted by Crippen LogP contribution is 2.13. The molecule has 2 aliphatic rings. The van der Waals surface area contributed by atoms with Gasteiger partial charge in [0.15, 0.2) is 0 Å². The van der Waals surface area contributed by atoms with E-state index in [0.29, 0.717) is 0 Å². The van der Waals surface area contributed by atoms with Crippen molar-refractivity contribution < 1.29 is 65.9 Å². The average Bonchev–Trinajstić information content (AvgIpc) is 2.84. The zero-order valence-electron chi connectivity index (χ0n) is 21.1. The predicted molar refractivity (Wildman–Crippen MR) is 122 cm³/mol. The van der Waals surface area contributed by atoms with Crippen molar-refractivity contribution >= 4 is 23.9 Å². The fourth-order valence-corrected chi connectivity index (χ4v) is 3.71. The monoisotopic (exact) mass is 584 g/mol. The zero-order chi connectivity index (χ0) is 30.2. The highest BCUT2D eigenvalue weighted by Gasteiger charge is 2.38. The number of halogens is 6. The van der Waals surface area contributed by atoms with E-state index in [9.17, 15) is 35.9 Å². The number of carboxylic acid groups (broad SMARTS) is 4. The molecule has 2 rings (SSSR count). The van der Waals surface area contributed by atoms with Crippen LogP contribution in [0, 0.1) is 0 Å². The molecule has 0 saturated carbocycles. The van der Waals surface area contributed by atoms with Gasteiger partial charge in [0, 0.05) is 39.3 Å². The van der Waals surface area contributed by atoms with E-state index in [1.807, 2.05) is 9.80 Å². The molecule has 2 bridgehead atoms. The molecule has 2 heterocycles. The maximum atomic E-state index is 11.1. The molecule has 2 fully saturated rings. The average molecular weight is 585 g/mol. The summed E-state index contributed by atoms with van der Waals surface area (Å²) >= 11 is 0. The Balaban J connectivity index is 0.000000848. The van der Waals surface area contributed by atoms with Crippen molar-refractivity contribution in [3.8, 4) is 0 Å². The van der Waals surface area contributed by atoms with E-state index in [1.165, 1.54) is 0 Å². The number of nitrogens with zero attached hydrogens (tertiary/aromatic N) is 4. The Labute approximate surface area is 220 Å². The van der Waals surface area contributed by atoms with Crippen molar-refractivity contribution in [2.75, 3.05) is 78.5 Å².